The average molecular weight is 259 g/mol. The standard InChI is InChI=1S/C13H19F2NO2/c1-2-16-6-9-17-7-3-8-18-11-4-5-12(14)13(15)10-11/h4-5,10,16H,2-3,6-9H2,1H3. The van der Waals surface area contributed by atoms with Gasteiger partial charge in [0.05, 0.1) is 13.2 Å². The Balaban J connectivity index is 2.05. The van der Waals surface area contributed by atoms with Gasteiger partial charge in [0.25, 0.3) is 0 Å². The maximum Gasteiger partial charge on any atom is 0.162 e. The molecule has 0 radical (unpaired) electrons. The van der Waals surface area contributed by atoms with E-state index in [2.05, 4.69) is 5.32 Å². The van der Waals surface area contributed by atoms with E-state index < -0.39 is 11.6 Å². The predicted molar refractivity (Wildman–Crippen MR) is 65.8 cm³/mol. The van der Waals surface area contributed by atoms with Crippen molar-refractivity contribution in [3.8, 4) is 5.75 Å². The van der Waals surface area contributed by atoms with Gasteiger partial charge in [-0.15, -0.1) is 0 Å². The molecule has 0 bridgehead atoms. The van der Waals surface area contributed by atoms with E-state index in [0.29, 0.717) is 32.0 Å². The monoisotopic (exact) mass is 259 g/mol. The molecule has 0 atom stereocenters. The van der Waals surface area contributed by atoms with Gasteiger partial charge in [-0.1, -0.05) is 6.92 Å². The molecule has 3 nitrogen and oxygen atoms in total. The normalized spacial score (nSPS) is 10.6. The molecule has 5 heteroatoms. The number of hydrogen-bond acceptors (Lipinski definition) is 3. The highest BCUT2D eigenvalue weighted by atomic mass is 19.2. The quantitative estimate of drug-likeness (QED) is 0.691. The van der Waals surface area contributed by atoms with Crippen LogP contribution in [0.15, 0.2) is 18.2 Å². The first-order valence-electron chi connectivity index (χ1n) is 6.10. The van der Waals surface area contributed by atoms with Gasteiger partial charge in [-0.3, -0.25) is 0 Å². The second-order valence-electron chi connectivity index (χ2n) is 3.74. The highest BCUT2D eigenvalue weighted by Crippen LogP contribution is 2.15. The van der Waals surface area contributed by atoms with Crippen molar-refractivity contribution in [1.82, 2.24) is 5.32 Å². The van der Waals surface area contributed by atoms with Crippen LogP contribution in [0.4, 0.5) is 8.78 Å². The molecule has 0 fully saturated rings. The molecule has 0 saturated heterocycles. The summed E-state index contributed by atoms with van der Waals surface area (Å²) in [5.74, 6) is -1.43. The topological polar surface area (TPSA) is 30.5 Å². The second kappa shape index (κ2) is 8.83. The lowest BCUT2D eigenvalue weighted by Crippen LogP contribution is -2.19. The maximum atomic E-state index is 12.8. The van der Waals surface area contributed by atoms with Crippen molar-refractivity contribution in [1.29, 1.82) is 0 Å². The molecule has 0 aliphatic rings. The number of halogens is 2. The summed E-state index contributed by atoms with van der Waals surface area (Å²) in [6.45, 7) is 5.49. The maximum absolute atomic E-state index is 12.8. The molecule has 0 saturated carbocycles. The Morgan fingerprint density at radius 3 is 2.67 bits per heavy atom. The number of ether oxygens (including phenoxy) is 2. The van der Waals surface area contributed by atoms with Gasteiger partial charge in [-0.05, 0) is 18.7 Å². The molecule has 1 rings (SSSR count). The third kappa shape index (κ3) is 5.93. The lowest BCUT2D eigenvalue weighted by atomic mass is 10.3. The summed E-state index contributed by atoms with van der Waals surface area (Å²) < 4.78 is 36.1. The summed E-state index contributed by atoms with van der Waals surface area (Å²) in [4.78, 5) is 0. The Bertz CT molecular complexity index is 348. The molecule has 1 aromatic carbocycles. The van der Waals surface area contributed by atoms with E-state index in [1.807, 2.05) is 6.92 Å². The molecular weight excluding hydrogens is 240 g/mol. The minimum Gasteiger partial charge on any atom is -0.493 e. The molecule has 1 N–H and O–H groups in total. The summed E-state index contributed by atoms with van der Waals surface area (Å²) in [6, 6.07) is 3.50. The zero-order chi connectivity index (χ0) is 13.2. The van der Waals surface area contributed by atoms with Crippen LogP contribution >= 0.6 is 0 Å². The number of benzene rings is 1. The van der Waals surface area contributed by atoms with E-state index in [-0.39, 0.29) is 0 Å². The Morgan fingerprint density at radius 2 is 1.94 bits per heavy atom. The third-order valence-corrected chi connectivity index (χ3v) is 2.27. The highest BCUT2D eigenvalue weighted by Gasteiger charge is 2.02. The molecule has 0 aromatic heterocycles. The van der Waals surface area contributed by atoms with E-state index in [4.69, 9.17) is 9.47 Å². The van der Waals surface area contributed by atoms with Crippen LogP contribution in [0.3, 0.4) is 0 Å². The van der Waals surface area contributed by atoms with Crippen molar-refractivity contribution < 1.29 is 18.3 Å². The number of rotatable bonds is 9. The molecule has 0 heterocycles. The Hall–Kier alpha value is -1.20. The molecule has 18 heavy (non-hydrogen) atoms. The fourth-order valence-electron chi connectivity index (χ4n) is 1.34. The van der Waals surface area contributed by atoms with Crippen LogP contribution in [0, 0.1) is 11.6 Å². The van der Waals surface area contributed by atoms with Crippen molar-refractivity contribution >= 4 is 0 Å². The van der Waals surface area contributed by atoms with Gasteiger partial charge in [-0.25, -0.2) is 8.78 Å². The van der Waals surface area contributed by atoms with Crippen molar-refractivity contribution in [3.05, 3.63) is 29.8 Å². The first-order valence-corrected chi connectivity index (χ1v) is 6.10. The lowest BCUT2D eigenvalue weighted by Gasteiger charge is -2.07. The van der Waals surface area contributed by atoms with Crippen LogP contribution in [0.2, 0.25) is 0 Å². The number of likely N-dealkylation sites (N-methyl/N-ethyl adjacent to an activating group) is 1. The van der Waals surface area contributed by atoms with Crippen molar-refractivity contribution in [3.63, 3.8) is 0 Å². The average Bonchev–Trinajstić information content (AvgIpc) is 2.37. The summed E-state index contributed by atoms with van der Waals surface area (Å²) >= 11 is 0. The third-order valence-electron chi connectivity index (χ3n) is 2.27. The minimum atomic E-state index is -0.894. The molecule has 0 aliphatic heterocycles. The summed E-state index contributed by atoms with van der Waals surface area (Å²) in [5.41, 5.74) is 0. The van der Waals surface area contributed by atoms with E-state index in [1.54, 1.807) is 0 Å². The summed E-state index contributed by atoms with van der Waals surface area (Å²) in [6.07, 6.45) is 0.713. The van der Waals surface area contributed by atoms with Gasteiger partial charge in [0, 0.05) is 25.6 Å². The first-order chi connectivity index (χ1) is 8.74. The van der Waals surface area contributed by atoms with Crippen LogP contribution in [-0.2, 0) is 4.74 Å². The van der Waals surface area contributed by atoms with Crippen LogP contribution in [0.1, 0.15) is 13.3 Å². The van der Waals surface area contributed by atoms with E-state index >= 15 is 0 Å². The SMILES string of the molecule is CCNCCOCCCOc1ccc(F)c(F)c1. The molecule has 1 aromatic rings. The summed E-state index contributed by atoms with van der Waals surface area (Å²) in [7, 11) is 0. The summed E-state index contributed by atoms with van der Waals surface area (Å²) in [5, 5.41) is 3.14. The van der Waals surface area contributed by atoms with E-state index in [0.717, 1.165) is 25.2 Å². The largest absolute Gasteiger partial charge is 0.493 e. The van der Waals surface area contributed by atoms with E-state index in [1.165, 1.54) is 6.07 Å². The fraction of sp³-hybridized carbons (Fsp3) is 0.538. The smallest absolute Gasteiger partial charge is 0.162 e. The number of nitrogens with one attached hydrogen (secondary N) is 1. The highest BCUT2D eigenvalue weighted by molar-refractivity contribution is 5.23. The molecule has 0 unspecified atom stereocenters. The van der Waals surface area contributed by atoms with Gasteiger partial charge < -0.3 is 14.8 Å². The van der Waals surface area contributed by atoms with Gasteiger partial charge in [0.2, 0.25) is 0 Å². The molecular formula is C13H19F2NO2. The van der Waals surface area contributed by atoms with E-state index in [9.17, 15) is 8.78 Å². The Morgan fingerprint density at radius 1 is 1.11 bits per heavy atom. The van der Waals surface area contributed by atoms with Crippen molar-refractivity contribution in [2.45, 2.75) is 13.3 Å². The lowest BCUT2D eigenvalue weighted by molar-refractivity contribution is 0.121. The second-order valence-corrected chi connectivity index (χ2v) is 3.74. The Kier molecular flexibility index (Phi) is 7.29. The Labute approximate surface area is 106 Å². The van der Waals surface area contributed by atoms with Crippen molar-refractivity contribution in [2.24, 2.45) is 0 Å². The van der Waals surface area contributed by atoms with Gasteiger partial charge >= 0.3 is 0 Å². The van der Waals surface area contributed by atoms with Crippen LogP contribution in [0.5, 0.6) is 5.75 Å². The van der Waals surface area contributed by atoms with Crippen LogP contribution < -0.4 is 10.1 Å². The predicted octanol–water partition coefficient (Wildman–Crippen LogP) is 2.36. The zero-order valence-electron chi connectivity index (χ0n) is 10.5. The molecule has 0 spiro atoms. The van der Waals surface area contributed by atoms with Crippen LogP contribution in [0.25, 0.3) is 0 Å². The fourth-order valence-corrected chi connectivity index (χ4v) is 1.34. The zero-order valence-corrected chi connectivity index (χ0v) is 10.5. The minimum absolute atomic E-state index is 0.335. The molecule has 0 aliphatic carbocycles. The van der Waals surface area contributed by atoms with Gasteiger partial charge in [0.1, 0.15) is 5.75 Å². The molecule has 102 valence electrons. The number of hydrogen-bond donors (Lipinski definition) is 1. The molecule has 0 amide bonds. The van der Waals surface area contributed by atoms with Gasteiger partial charge in [-0.2, -0.15) is 0 Å². The van der Waals surface area contributed by atoms with Gasteiger partial charge in [0.15, 0.2) is 11.6 Å². The first kappa shape index (κ1) is 14.9. The van der Waals surface area contributed by atoms with Crippen LogP contribution in [-0.4, -0.2) is 32.9 Å². The van der Waals surface area contributed by atoms with Crippen molar-refractivity contribution in [2.75, 3.05) is 32.9 Å².